The van der Waals surface area contributed by atoms with Gasteiger partial charge in [0.15, 0.2) is 23.0 Å². The van der Waals surface area contributed by atoms with E-state index >= 15 is 0 Å². The summed E-state index contributed by atoms with van der Waals surface area (Å²) in [6.45, 7) is 2.20. The van der Waals surface area contributed by atoms with Crippen LogP contribution in [0.1, 0.15) is 22.3 Å². The highest BCUT2D eigenvalue weighted by Crippen LogP contribution is 2.58. The summed E-state index contributed by atoms with van der Waals surface area (Å²) in [4.78, 5) is 0. The molecule has 2 heterocycles. The molecule has 4 nitrogen and oxygen atoms in total. The van der Waals surface area contributed by atoms with Crippen molar-refractivity contribution in [3.8, 4) is 34.1 Å². The normalized spacial score (nSPS) is 16.4. The van der Waals surface area contributed by atoms with Gasteiger partial charge in [0.05, 0.1) is 5.41 Å². The van der Waals surface area contributed by atoms with Crippen LogP contribution >= 0.6 is 31.9 Å². The van der Waals surface area contributed by atoms with E-state index in [-0.39, 0.29) is 0 Å². The van der Waals surface area contributed by atoms with Crippen LogP contribution in [-0.4, -0.2) is 26.4 Å². The van der Waals surface area contributed by atoms with Gasteiger partial charge in [-0.2, -0.15) is 0 Å². The Morgan fingerprint density at radius 3 is 1.37 bits per heavy atom. The third-order valence-corrected chi connectivity index (χ3v) is 8.00. The van der Waals surface area contributed by atoms with Gasteiger partial charge in [-0.3, -0.25) is 0 Å². The molecule has 4 aromatic carbocycles. The van der Waals surface area contributed by atoms with Crippen molar-refractivity contribution in [3.05, 3.63) is 104 Å². The molecule has 0 unspecified atom stereocenters. The molecule has 0 N–H and O–H groups in total. The standard InChI is InChI=1S/C29H20Br2O4/c30-19-3-5-21-22-6-4-20(31)16-24(22)29(23(21)15-19,17-1-7-25-27(13-17)34-11-9-32-25)18-2-8-26-28(14-18)35-12-10-33-26/h1-8,13-16H,9-12H2. The van der Waals surface area contributed by atoms with Crippen LogP contribution in [0.15, 0.2) is 81.7 Å². The molecule has 4 aromatic rings. The van der Waals surface area contributed by atoms with E-state index in [0.717, 1.165) is 43.1 Å². The number of ether oxygens (including phenoxy) is 4. The van der Waals surface area contributed by atoms with Crippen molar-refractivity contribution in [2.75, 3.05) is 26.4 Å². The van der Waals surface area contributed by atoms with Gasteiger partial charge in [-0.05, 0) is 81.9 Å². The molecular formula is C29H20Br2O4. The number of benzene rings is 4. The van der Waals surface area contributed by atoms with E-state index in [4.69, 9.17) is 18.9 Å². The van der Waals surface area contributed by atoms with Crippen LogP contribution < -0.4 is 18.9 Å². The molecule has 3 aliphatic rings. The van der Waals surface area contributed by atoms with E-state index in [9.17, 15) is 0 Å². The first-order chi connectivity index (χ1) is 17.1. The molecule has 6 heteroatoms. The Labute approximate surface area is 220 Å². The molecule has 1 aliphatic carbocycles. The minimum atomic E-state index is -0.593. The van der Waals surface area contributed by atoms with Gasteiger partial charge in [0.1, 0.15) is 26.4 Å². The maximum Gasteiger partial charge on any atom is 0.161 e. The van der Waals surface area contributed by atoms with Gasteiger partial charge in [0.2, 0.25) is 0 Å². The Morgan fingerprint density at radius 2 is 0.914 bits per heavy atom. The Hall–Kier alpha value is -2.96. The van der Waals surface area contributed by atoms with E-state index in [1.807, 2.05) is 12.1 Å². The number of hydrogen-bond acceptors (Lipinski definition) is 4. The maximum atomic E-state index is 6.03. The predicted molar refractivity (Wildman–Crippen MR) is 141 cm³/mol. The summed E-state index contributed by atoms with van der Waals surface area (Å²) in [5.41, 5.74) is 6.44. The van der Waals surface area contributed by atoms with Gasteiger partial charge in [-0.25, -0.2) is 0 Å². The lowest BCUT2D eigenvalue weighted by molar-refractivity contribution is 0.171. The molecule has 0 spiro atoms. The van der Waals surface area contributed by atoms with E-state index in [2.05, 4.69) is 92.5 Å². The van der Waals surface area contributed by atoms with Crippen molar-refractivity contribution in [1.82, 2.24) is 0 Å². The lowest BCUT2D eigenvalue weighted by Crippen LogP contribution is -2.29. The van der Waals surface area contributed by atoms with Crippen molar-refractivity contribution in [2.24, 2.45) is 0 Å². The van der Waals surface area contributed by atoms with Gasteiger partial charge in [0, 0.05) is 8.95 Å². The molecular weight excluding hydrogens is 572 g/mol. The van der Waals surface area contributed by atoms with Gasteiger partial charge in [-0.1, -0.05) is 56.1 Å². The zero-order valence-electron chi connectivity index (χ0n) is 18.6. The van der Waals surface area contributed by atoms with E-state index < -0.39 is 5.41 Å². The Balaban J connectivity index is 1.60. The molecule has 0 atom stereocenters. The third-order valence-electron chi connectivity index (χ3n) is 7.01. The van der Waals surface area contributed by atoms with E-state index in [1.165, 1.54) is 22.3 Å². The smallest absolute Gasteiger partial charge is 0.161 e. The minimum Gasteiger partial charge on any atom is -0.486 e. The number of hydrogen-bond donors (Lipinski definition) is 0. The third kappa shape index (κ3) is 3.16. The summed E-state index contributed by atoms with van der Waals surface area (Å²) in [6.07, 6.45) is 0. The molecule has 174 valence electrons. The Bertz CT molecular complexity index is 1380. The molecule has 0 amide bonds. The first-order valence-corrected chi connectivity index (χ1v) is 13.1. The zero-order valence-corrected chi connectivity index (χ0v) is 21.8. The summed E-state index contributed by atoms with van der Waals surface area (Å²) in [5, 5.41) is 0. The predicted octanol–water partition coefficient (Wildman–Crippen LogP) is 7.12. The summed E-state index contributed by atoms with van der Waals surface area (Å²) in [7, 11) is 0. The monoisotopic (exact) mass is 590 g/mol. The molecule has 2 aliphatic heterocycles. The lowest BCUT2D eigenvalue weighted by atomic mass is 9.67. The lowest BCUT2D eigenvalue weighted by Gasteiger charge is -2.35. The van der Waals surface area contributed by atoms with Crippen LogP contribution in [0.5, 0.6) is 23.0 Å². The van der Waals surface area contributed by atoms with Crippen LogP contribution in [0.2, 0.25) is 0 Å². The molecule has 0 radical (unpaired) electrons. The molecule has 0 aromatic heterocycles. The summed E-state index contributed by atoms with van der Waals surface area (Å²) >= 11 is 7.48. The molecule has 7 rings (SSSR count). The SMILES string of the molecule is Brc1ccc2c(c1)C(c1ccc3c(c1)OCCO3)(c1ccc3c(c1)OCCO3)c1cc(Br)ccc1-2. The van der Waals surface area contributed by atoms with Gasteiger partial charge in [-0.15, -0.1) is 0 Å². The molecule has 0 saturated heterocycles. The highest BCUT2D eigenvalue weighted by atomic mass is 79.9. The second kappa shape index (κ2) is 8.04. The van der Waals surface area contributed by atoms with Gasteiger partial charge >= 0.3 is 0 Å². The average molecular weight is 592 g/mol. The van der Waals surface area contributed by atoms with Crippen molar-refractivity contribution in [2.45, 2.75) is 5.41 Å². The second-order valence-corrected chi connectivity index (χ2v) is 10.7. The zero-order chi connectivity index (χ0) is 23.6. The number of rotatable bonds is 2. The van der Waals surface area contributed by atoms with Gasteiger partial charge in [0.25, 0.3) is 0 Å². The van der Waals surface area contributed by atoms with Crippen LogP contribution in [0, 0.1) is 0 Å². The Kier molecular flexibility index (Phi) is 4.90. The number of fused-ring (bicyclic) bond motifs is 5. The first-order valence-electron chi connectivity index (χ1n) is 11.6. The van der Waals surface area contributed by atoms with Crippen molar-refractivity contribution >= 4 is 31.9 Å². The summed E-state index contributed by atoms with van der Waals surface area (Å²) in [6, 6.07) is 25.7. The van der Waals surface area contributed by atoms with E-state index in [1.54, 1.807) is 0 Å². The van der Waals surface area contributed by atoms with E-state index in [0.29, 0.717) is 26.4 Å². The highest BCUT2D eigenvalue weighted by molar-refractivity contribution is 9.10. The molecule has 0 bridgehead atoms. The summed E-state index contributed by atoms with van der Waals surface area (Å²) in [5.74, 6) is 3.09. The largest absolute Gasteiger partial charge is 0.486 e. The quantitative estimate of drug-likeness (QED) is 0.219. The second-order valence-electron chi connectivity index (χ2n) is 8.85. The maximum absolute atomic E-state index is 6.03. The van der Waals surface area contributed by atoms with Crippen molar-refractivity contribution in [1.29, 1.82) is 0 Å². The fourth-order valence-corrected chi connectivity index (χ4v) is 6.33. The summed E-state index contributed by atoms with van der Waals surface area (Å²) < 4.78 is 25.8. The first kappa shape index (κ1) is 21.3. The minimum absolute atomic E-state index is 0.539. The fraction of sp³-hybridized carbons (Fsp3) is 0.172. The van der Waals surface area contributed by atoms with Crippen LogP contribution in [0.3, 0.4) is 0 Å². The van der Waals surface area contributed by atoms with Crippen LogP contribution in [0.4, 0.5) is 0 Å². The van der Waals surface area contributed by atoms with Crippen LogP contribution in [-0.2, 0) is 5.41 Å². The topological polar surface area (TPSA) is 36.9 Å². The highest BCUT2D eigenvalue weighted by Gasteiger charge is 2.47. The Morgan fingerprint density at radius 1 is 0.486 bits per heavy atom. The molecule has 35 heavy (non-hydrogen) atoms. The molecule has 0 fully saturated rings. The fourth-order valence-electron chi connectivity index (χ4n) is 5.61. The van der Waals surface area contributed by atoms with Crippen molar-refractivity contribution < 1.29 is 18.9 Å². The number of halogens is 2. The van der Waals surface area contributed by atoms with Gasteiger partial charge < -0.3 is 18.9 Å². The van der Waals surface area contributed by atoms with Crippen molar-refractivity contribution in [3.63, 3.8) is 0 Å². The average Bonchev–Trinajstić information content (AvgIpc) is 3.17. The van der Waals surface area contributed by atoms with Crippen LogP contribution in [0.25, 0.3) is 11.1 Å². The molecule has 0 saturated carbocycles.